The van der Waals surface area contributed by atoms with Crippen LogP contribution in [0.4, 0.5) is 0 Å². The molecule has 18 heavy (non-hydrogen) atoms. The predicted molar refractivity (Wildman–Crippen MR) is 68.2 cm³/mol. The Morgan fingerprint density at radius 2 is 2.11 bits per heavy atom. The van der Waals surface area contributed by atoms with Crippen LogP contribution in [-0.2, 0) is 17.7 Å². The molecule has 2 heterocycles. The maximum Gasteiger partial charge on any atom is 0.138 e. The molecular formula is C13H23N3O2. The predicted octanol–water partition coefficient (Wildman–Crippen LogP) is 1.55. The zero-order valence-corrected chi connectivity index (χ0v) is 11.5. The van der Waals surface area contributed by atoms with Crippen LogP contribution in [0.1, 0.15) is 45.9 Å². The van der Waals surface area contributed by atoms with Gasteiger partial charge in [-0.15, -0.1) is 0 Å². The van der Waals surface area contributed by atoms with Gasteiger partial charge in [0.25, 0.3) is 0 Å². The average Bonchev–Trinajstić information content (AvgIpc) is 2.63. The van der Waals surface area contributed by atoms with Crippen LogP contribution in [0, 0.1) is 0 Å². The summed E-state index contributed by atoms with van der Waals surface area (Å²) in [5, 5.41) is 14.9. The van der Waals surface area contributed by atoms with Gasteiger partial charge in [-0.25, -0.2) is 4.98 Å². The van der Waals surface area contributed by atoms with Crippen molar-refractivity contribution >= 4 is 0 Å². The smallest absolute Gasteiger partial charge is 0.138 e. The van der Waals surface area contributed by atoms with E-state index in [0.29, 0.717) is 19.3 Å². The van der Waals surface area contributed by atoms with E-state index in [1.807, 2.05) is 18.5 Å². The quantitative estimate of drug-likeness (QED) is 0.884. The summed E-state index contributed by atoms with van der Waals surface area (Å²) in [6, 6.07) is 0. The summed E-state index contributed by atoms with van der Waals surface area (Å²) in [5.41, 5.74) is -0.713. The number of aryl methyl sites for hydroxylation is 1. The molecule has 5 nitrogen and oxygen atoms in total. The molecule has 0 aliphatic carbocycles. The maximum atomic E-state index is 10.7. The van der Waals surface area contributed by atoms with E-state index >= 15 is 0 Å². The van der Waals surface area contributed by atoms with E-state index in [1.165, 1.54) is 0 Å². The van der Waals surface area contributed by atoms with Gasteiger partial charge in [0.2, 0.25) is 0 Å². The van der Waals surface area contributed by atoms with Crippen LogP contribution in [0.5, 0.6) is 0 Å². The number of aromatic nitrogens is 3. The van der Waals surface area contributed by atoms with Crippen LogP contribution in [0.15, 0.2) is 6.33 Å². The highest BCUT2D eigenvalue weighted by molar-refractivity contribution is 4.98. The van der Waals surface area contributed by atoms with Crippen LogP contribution < -0.4 is 0 Å². The summed E-state index contributed by atoms with van der Waals surface area (Å²) >= 11 is 0. The fraction of sp³-hybridized carbons (Fsp3) is 0.846. The normalized spacial score (nSPS) is 32.7. The van der Waals surface area contributed by atoms with Crippen molar-refractivity contribution in [2.45, 2.75) is 70.8 Å². The summed E-state index contributed by atoms with van der Waals surface area (Å²) in [6.07, 6.45) is 4.67. The zero-order valence-electron chi connectivity index (χ0n) is 11.5. The Balaban J connectivity index is 2.09. The minimum absolute atomic E-state index is 0.0984. The van der Waals surface area contributed by atoms with Gasteiger partial charge in [0, 0.05) is 25.8 Å². The van der Waals surface area contributed by atoms with E-state index in [0.717, 1.165) is 18.8 Å². The molecule has 5 heteroatoms. The molecule has 1 aliphatic rings. The Morgan fingerprint density at radius 3 is 2.72 bits per heavy atom. The molecule has 1 saturated heterocycles. The van der Waals surface area contributed by atoms with Gasteiger partial charge in [0.05, 0.1) is 17.8 Å². The van der Waals surface area contributed by atoms with Gasteiger partial charge >= 0.3 is 0 Å². The lowest BCUT2D eigenvalue weighted by molar-refractivity contribution is -0.131. The van der Waals surface area contributed by atoms with Crippen LogP contribution in [0.25, 0.3) is 0 Å². The minimum Gasteiger partial charge on any atom is -0.389 e. The molecule has 1 aromatic rings. The van der Waals surface area contributed by atoms with E-state index in [2.05, 4.69) is 17.0 Å². The van der Waals surface area contributed by atoms with E-state index in [9.17, 15) is 5.11 Å². The van der Waals surface area contributed by atoms with Crippen LogP contribution in [0.2, 0.25) is 0 Å². The molecule has 1 N–H and O–H groups in total. The highest BCUT2D eigenvalue weighted by Gasteiger charge is 2.37. The van der Waals surface area contributed by atoms with Crippen molar-refractivity contribution in [2.75, 3.05) is 0 Å². The molecular weight excluding hydrogens is 230 g/mol. The van der Waals surface area contributed by atoms with Crippen molar-refractivity contribution in [1.82, 2.24) is 14.8 Å². The van der Waals surface area contributed by atoms with E-state index in [4.69, 9.17) is 4.74 Å². The monoisotopic (exact) mass is 253 g/mol. The molecule has 2 rings (SSSR count). The first-order chi connectivity index (χ1) is 8.52. The Morgan fingerprint density at radius 1 is 1.44 bits per heavy atom. The molecule has 2 unspecified atom stereocenters. The SMILES string of the molecule is CCCn1ncnc1CC1(O)CC(C)OC(C)C1. The van der Waals surface area contributed by atoms with Crippen molar-refractivity contribution in [3.05, 3.63) is 12.2 Å². The summed E-state index contributed by atoms with van der Waals surface area (Å²) in [7, 11) is 0. The molecule has 1 aliphatic heterocycles. The fourth-order valence-corrected chi connectivity index (χ4v) is 2.91. The standard InChI is InChI=1S/C13H23N3O2/c1-4-5-16-12(14-9-15-16)8-13(17)6-10(2)18-11(3)7-13/h9-11,17H,4-8H2,1-3H3. The molecule has 0 bridgehead atoms. The van der Waals surface area contributed by atoms with Crippen LogP contribution in [-0.4, -0.2) is 37.7 Å². The molecule has 0 amide bonds. The van der Waals surface area contributed by atoms with Gasteiger partial charge in [-0.2, -0.15) is 5.10 Å². The summed E-state index contributed by atoms with van der Waals surface area (Å²) in [5.74, 6) is 0.876. The first-order valence-electron chi connectivity index (χ1n) is 6.77. The Kier molecular flexibility index (Phi) is 4.02. The van der Waals surface area contributed by atoms with Gasteiger partial charge in [0.15, 0.2) is 0 Å². The second kappa shape index (κ2) is 5.36. The van der Waals surface area contributed by atoms with Crippen molar-refractivity contribution in [3.63, 3.8) is 0 Å². The summed E-state index contributed by atoms with van der Waals surface area (Å²) < 4.78 is 7.57. The number of nitrogens with zero attached hydrogens (tertiary/aromatic N) is 3. The highest BCUT2D eigenvalue weighted by Crippen LogP contribution is 2.31. The molecule has 0 aromatic carbocycles. The number of aliphatic hydroxyl groups is 1. The third-order valence-electron chi connectivity index (χ3n) is 3.42. The van der Waals surface area contributed by atoms with Crippen molar-refractivity contribution in [3.8, 4) is 0 Å². The Bertz CT molecular complexity index is 381. The molecule has 0 saturated carbocycles. The number of hydrogen-bond acceptors (Lipinski definition) is 4. The maximum absolute atomic E-state index is 10.7. The lowest BCUT2D eigenvalue weighted by Crippen LogP contribution is -2.45. The molecule has 0 spiro atoms. The Hall–Kier alpha value is -0.940. The summed E-state index contributed by atoms with van der Waals surface area (Å²) in [6.45, 7) is 6.99. The van der Waals surface area contributed by atoms with Crippen molar-refractivity contribution in [1.29, 1.82) is 0 Å². The molecule has 102 valence electrons. The molecule has 1 fully saturated rings. The number of ether oxygens (including phenoxy) is 1. The highest BCUT2D eigenvalue weighted by atomic mass is 16.5. The van der Waals surface area contributed by atoms with E-state index in [-0.39, 0.29) is 12.2 Å². The second-order valence-corrected chi connectivity index (χ2v) is 5.47. The fourth-order valence-electron chi connectivity index (χ4n) is 2.91. The third-order valence-corrected chi connectivity index (χ3v) is 3.42. The summed E-state index contributed by atoms with van der Waals surface area (Å²) in [4.78, 5) is 4.28. The first kappa shape index (κ1) is 13.5. The lowest BCUT2D eigenvalue weighted by atomic mass is 9.84. The molecule has 0 radical (unpaired) electrons. The van der Waals surface area contributed by atoms with Crippen LogP contribution in [0.3, 0.4) is 0 Å². The Labute approximate surface area is 108 Å². The van der Waals surface area contributed by atoms with Gasteiger partial charge in [-0.05, 0) is 20.3 Å². The van der Waals surface area contributed by atoms with Gasteiger partial charge in [-0.3, -0.25) is 4.68 Å². The van der Waals surface area contributed by atoms with Crippen molar-refractivity contribution in [2.24, 2.45) is 0 Å². The first-order valence-corrected chi connectivity index (χ1v) is 6.77. The molecule has 1 aromatic heterocycles. The largest absolute Gasteiger partial charge is 0.389 e. The topological polar surface area (TPSA) is 60.2 Å². The van der Waals surface area contributed by atoms with Gasteiger partial charge < -0.3 is 9.84 Å². The zero-order chi connectivity index (χ0) is 13.2. The lowest BCUT2D eigenvalue weighted by Gasteiger charge is -2.38. The van der Waals surface area contributed by atoms with E-state index in [1.54, 1.807) is 6.33 Å². The minimum atomic E-state index is -0.713. The number of hydrogen-bond donors (Lipinski definition) is 1. The number of rotatable bonds is 4. The van der Waals surface area contributed by atoms with Gasteiger partial charge in [-0.1, -0.05) is 6.92 Å². The van der Waals surface area contributed by atoms with Gasteiger partial charge in [0.1, 0.15) is 12.2 Å². The third kappa shape index (κ3) is 3.09. The second-order valence-electron chi connectivity index (χ2n) is 5.47. The van der Waals surface area contributed by atoms with E-state index < -0.39 is 5.60 Å². The average molecular weight is 253 g/mol. The van der Waals surface area contributed by atoms with Crippen molar-refractivity contribution < 1.29 is 9.84 Å². The molecule has 2 atom stereocenters. The van der Waals surface area contributed by atoms with Crippen LogP contribution >= 0.6 is 0 Å².